The summed E-state index contributed by atoms with van der Waals surface area (Å²) in [5.74, 6) is 0. The molecule has 0 spiro atoms. The van der Waals surface area contributed by atoms with Crippen LogP contribution in [0.15, 0.2) is 36.5 Å². The van der Waals surface area contributed by atoms with Gasteiger partial charge < -0.3 is 10.0 Å². The molecule has 0 radical (unpaired) electrons. The lowest BCUT2D eigenvalue weighted by Gasteiger charge is -2.29. The van der Waals surface area contributed by atoms with Gasteiger partial charge in [0.2, 0.25) is 0 Å². The maximum atomic E-state index is 9.02. The number of hydrogen-bond donors (Lipinski definition) is 1. The van der Waals surface area contributed by atoms with E-state index in [-0.39, 0.29) is 6.61 Å². The molecule has 1 aromatic carbocycles. The molecule has 1 aromatic heterocycles. The largest absolute Gasteiger partial charge is 0.396 e. The Bertz CT molecular complexity index is 505. The van der Waals surface area contributed by atoms with Crippen molar-refractivity contribution in [1.29, 1.82) is 0 Å². The molecule has 0 aliphatic rings. The second kappa shape index (κ2) is 5.83. The van der Waals surface area contributed by atoms with Gasteiger partial charge in [0.1, 0.15) is 0 Å². The van der Waals surface area contributed by atoms with Crippen molar-refractivity contribution in [2.24, 2.45) is 0 Å². The zero-order chi connectivity index (χ0) is 13.0. The molecule has 0 aliphatic carbocycles. The average molecular weight is 244 g/mol. The third-order valence-electron chi connectivity index (χ3n) is 3.12. The van der Waals surface area contributed by atoms with Gasteiger partial charge in [-0.05, 0) is 32.4 Å². The summed E-state index contributed by atoms with van der Waals surface area (Å²) in [6, 6.07) is 10.6. The second-order valence-corrected chi connectivity index (χ2v) is 4.71. The Morgan fingerprint density at radius 2 is 2.00 bits per heavy atom. The van der Waals surface area contributed by atoms with E-state index in [1.165, 1.54) is 11.1 Å². The molecule has 1 heterocycles. The van der Waals surface area contributed by atoms with E-state index in [0.29, 0.717) is 6.04 Å². The van der Waals surface area contributed by atoms with Gasteiger partial charge in [-0.15, -0.1) is 0 Å². The van der Waals surface area contributed by atoms with Crippen LogP contribution in [0.5, 0.6) is 0 Å². The first-order chi connectivity index (χ1) is 8.74. The van der Waals surface area contributed by atoms with E-state index in [2.05, 4.69) is 35.9 Å². The Kier molecular flexibility index (Phi) is 4.15. The highest BCUT2D eigenvalue weighted by molar-refractivity contribution is 5.91. The van der Waals surface area contributed by atoms with Gasteiger partial charge in [-0.2, -0.15) is 0 Å². The molecular weight excluding hydrogens is 224 g/mol. The van der Waals surface area contributed by atoms with Gasteiger partial charge in [-0.3, -0.25) is 4.98 Å². The van der Waals surface area contributed by atoms with Gasteiger partial charge in [0.25, 0.3) is 0 Å². The van der Waals surface area contributed by atoms with Crippen LogP contribution >= 0.6 is 0 Å². The monoisotopic (exact) mass is 244 g/mol. The Hall–Kier alpha value is -1.61. The molecule has 0 amide bonds. The third kappa shape index (κ3) is 2.62. The quantitative estimate of drug-likeness (QED) is 0.878. The van der Waals surface area contributed by atoms with E-state index in [1.54, 1.807) is 0 Å². The van der Waals surface area contributed by atoms with Crippen molar-refractivity contribution < 1.29 is 5.11 Å². The molecule has 3 heteroatoms. The summed E-state index contributed by atoms with van der Waals surface area (Å²) in [6.45, 7) is 5.44. The van der Waals surface area contributed by atoms with Gasteiger partial charge in [-0.25, -0.2) is 0 Å². The smallest absolute Gasteiger partial charge is 0.0722 e. The average Bonchev–Trinajstić information content (AvgIpc) is 2.39. The first kappa shape index (κ1) is 12.8. The lowest BCUT2D eigenvalue weighted by molar-refractivity contribution is 0.288. The Balaban J connectivity index is 2.43. The van der Waals surface area contributed by atoms with Gasteiger partial charge >= 0.3 is 0 Å². The molecule has 0 saturated heterocycles. The molecular formula is C15H20N2O. The fraction of sp³-hybridized carbons (Fsp3) is 0.400. The molecule has 0 unspecified atom stereocenters. The van der Waals surface area contributed by atoms with Gasteiger partial charge in [0.15, 0.2) is 0 Å². The highest BCUT2D eigenvalue weighted by atomic mass is 16.3. The van der Waals surface area contributed by atoms with Crippen LogP contribution in [0.25, 0.3) is 10.9 Å². The van der Waals surface area contributed by atoms with Crippen molar-refractivity contribution in [3.05, 3.63) is 36.5 Å². The van der Waals surface area contributed by atoms with Crippen molar-refractivity contribution in [1.82, 2.24) is 4.98 Å². The van der Waals surface area contributed by atoms with Crippen LogP contribution in [0.3, 0.4) is 0 Å². The van der Waals surface area contributed by atoms with Gasteiger partial charge in [0.05, 0.1) is 5.52 Å². The zero-order valence-electron chi connectivity index (χ0n) is 11.0. The number of anilines is 1. The zero-order valence-corrected chi connectivity index (χ0v) is 11.0. The molecule has 0 atom stereocenters. The molecule has 1 N–H and O–H groups in total. The molecule has 0 fully saturated rings. The molecule has 18 heavy (non-hydrogen) atoms. The van der Waals surface area contributed by atoms with Crippen molar-refractivity contribution in [2.75, 3.05) is 18.1 Å². The third-order valence-corrected chi connectivity index (χ3v) is 3.12. The van der Waals surface area contributed by atoms with E-state index >= 15 is 0 Å². The lowest BCUT2D eigenvalue weighted by atomic mass is 10.1. The van der Waals surface area contributed by atoms with Crippen LogP contribution in [0, 0.1) is 0 Å². The number of aliphatic hydroxyl groups is 1. The summed E-state index contributed by atoms with van der Waals surface area (Å²) in [6.07, 6.45) is 2.64. The Morgan fingerprint density at radius 1 is 1.22 bits per heavy atom. The minimum Gasteiger partial charge on any atom is -0.396 e. The first-order valence-corrected chi connectivity index (χ1v) is 6.45. The standard InChI is InChI=1S/C15H20N2O/c1-12(2)17(10-5-11-18)15-8-9-16-14-7-4-3-6-13(14)15/h3-4,6-9,12,18H,5,10-11H2,1-2H3. The number of para-hydroxylation sites is 1. The molecule has 0 bridgehead atoms. The molecule has 2 aromatic rings. The number of aliphatic hydroxyl groups excluding tert-OH is 1. The van der Waals surface area contributed by atoms with Crippen molar-refractivity contribution in [2.45, 2.75) is 26.3 Å². The highest BCUT2D eigenvalue weighted by Gasteiger charge is 2.13. The van der Waals surface area contributed by atoms with Crippen LogP contribution in [0.4, 0.5) is 5.69 Å². The topological polar surface area (TPSA) is 36.4 Å². The SMILES string of the molecule is CC(C)N(CCCO)c1ccnc2ccccc12. The lowest BCUT2D eigenvalue weighted by Crippen LogP contribution is -2.32. The summed E-state index contributed by atoms with van der Waals surface area (Å²) in [5, 5.41) is 10.2. The number of hydrogen-bond acceptors (Lipinski definition) is 3. The summed E-state index contributed by atoms with van der Waals surface area (Å²) in [4.78, 5) is 6.71. The van der Waals surface area contributed by atoms with Crippen molar-refractivity contribution in [3.63, 3.8) is 0 Å². The maximum absolute atomic E-state index is 9.02. The number of rotatable bonds is 5. The van der Waals surface area contributed by atoms with E-state index < -0.39 is 0 Å². The molecule has 96 valence electrons. The number of fused-ring (bicyclic) bond motifs is 1. The summed E-state index contributed by atoms with van der Waals surface area (Å²) >= 11 is 0. The Morgan fingerprint density at radius 3 is 2.72 bits per heavy atom. The minimum atomic E-state index is 0.228. The van der Waals surface area contributed by atoms with E-state index in [4.69, 9.17) is 5.11 Å². The maximum Gasteiger partial charge on any atom is 0.0722 e. The predicted molar refractivity (Wildman–Crippen MR) is 75.9 cm³/mol. The minimum absolute atomic E-state index is 0.228. The fourth-order valence-electron chi connectivity index (χ4n) is 2.23. The van der Waals surface area contributed by atoms with Crippen molar-refractivity contribution >= 4 is 16.6 Å². The van der Waals surface area contributed by atoms with Crippen molar-refractivity contribution in [3.8, 4) is 0 Å². The fourth-order valence-corrected chi connectivity index (χ4v) is 2.23. The summed E-state index contributed by atoms with van der Waals surface area (Å²) in [7, 11) is 0. The Labute approximate surface area is 108 Å². The molecule has 3 nitrogen and oxygen atoms in total. The summed E-state index contributed by atoms with van der Waals surface area (Å²) in [5.41, 5.74) is 2.22. The second-order valence-electron chi connectivity index (χ2n) is 4.71. The van der Waals surface area contributed by atoms with E-state index in [1.807, 2.05) is 24.4 Å². The first-order valence-electron chi connectivity index (χ1n) is 6.45. The van der Waals surface area contributed by atoms with E-state index in [9.17, 15) is 0 Å². The number of aromatic nitrogens is 1. The van der Waals surface area contributed by atoms with Crippen LogP contribution in [-0.4, -0.2) is 29.3 Å². The van der Waals surface area contributed by atoms with Crippen LogP contribution in [-0.2, 0) is 0 Å². The number of pyridine rings is 1. The number of nitrogens with zero attached hydrogens (tertiary/aromatic N) is 2. The molecule has 0 saturated carbocycles. The normalized spacial score (nSPS) is 11.1. The summed E-state index contributed by atoms with van der Waals surface area (Å²) < 4.78 is 0. The van der Waals surface area contributed by atoms with Gasteiger partial charge in [0, 0.05) is 36.5 Å². The van der Waals surface area contributed by atoms with Crippen LogP contribution < -0.4 is 4.90 Å². The highest BCUT2D eigenvalue weighted by Crippen LogP contribution is 2.26. The van der Waals surface area contributed by atoms with Crippen LogP contribution in [0.1, 0.15) is 20.3 Å². The van der Waals surface area contributed by atoms with E-state index in [0.717, 1.165) is 18.5 Å². The van der Waals surface area contributed by atoms with Crippen LogP contribution in [0.2, 0.25) is 0 Å². The number of benzene rings is 1. The molecule has 2 rings (SSSR count). The molecule has 0 aliphatic heterocycles. The van der Waals surface area contributed by atoms with Gasteiger partial charge in [-0.1, -0.05) is 18.2 Å². The predicted octanol–water partition coefficient (Wildman–Crippen LogP) is 2.83.